The highest BCUT2D eigenvalue weighted by atomic mass is 32.1. The van der Waals surface area contributed by atoms with Gasteiger partial charge in [0.25, 0.3) is 0 Å². The number of alkyl carbamates (subject to hydrolysis) is 1. The lowest BCUT2D eigenvalue weighted by Crippen LogP contribution is -2.31. The summed E-state index contributed by atoms with van der Waals surface area (Å²) in [6.45, 7) is 2.10. The first kappa shape index (κ1) is 19.2. The summed E-state index contributed by atoms with van der Waals surface area (Å²) in [4.78, 5) is 24.6. The van der Waals surface area contributed by atoms with Gasteiger partial charge >= 0.3 is 12.1 Å². The van der Waals surface area contributed by atoms with Gasteiger partial charge in [-0.2, -0.15) is 0 Å². The smallest absolute Gasteiger partial charge is 0.407 e. The van der Waals surface area contributed by atoms with E-state index in [0.29, 0.717) is 0 Å². The van der Waals surface area contributed by atoms with Crippen LogP contribution in [-0.4, -0.2) is 23.8 Å². The van der Waals surface area contributed by atoms with Crippen molar-refractivity contribution in [2.45, 2.75) is 25.3 Å². The third-order valence-electron chi connectivity index (χ3n) is 5.23. The summed E-state index contributed by atoms with van der Waals surface area (Å²) >= 11 is 1.43. The lowest BCUT2D eigenvalue weighted by atomic mass is 9.98. The van der Waals surface area contributed by atoms with Gasteiger partial charge in [-0.05, 0) is 46.2 Å². The van der Waals surface area contributed by atoms with Crippen LogP contribution in [0.4, 0.5) is 4.79 Å². The normalized spacial score (nSPS) is 13.4. The topological polar surface area (TPSA) is 75.6 Å². The number of thiophene rings is 1. The van der Waals surface area contributed by atoms with Gasteiger partial charge in [0, 0.05) is 10.8 Å². The van der Waals surface area contributed by atoms with Gasteiger partial charge < -0.3 is 15.2 Å². The molecule has 3 aromatic rings. The second kappa shape index (κ2) is 8.09. The Labute approximate surface area is 173 Å². The van der Waals surface area contributed by atoms with Crippen molar-refractivity contribution >= 4 is 23.4 Å². The molecule has 1 unspecified atom stereocenters. The number of amides is 1. The van der Waals surface area contributed by atoms with Crippen molar-refractivity contribution in [3.05, 3.63) is 81.5 Å². The van der Waals surface area contributed by atoms with E-state index in [-0.39, 0.29) is 18.9 Å². The molecule has 0 bridgehead atoms. The van der Waals surface area contributed by atoms with Gasteiger partial charge in [0.05, 0.1) is 12.5 Å². The van der Waals surface area contributed by atoms with Crippen LogP contribution >= 0.6 is 11.3 Å². The van der Waals surface area contributed by atoms with Crippen molar-refractivity contribution < 1.29 is 19.4 Å². The number of carbonyl (C=O) groups is 2. The Bertz CT molecular complexity index is 1010. The van der Waals surface area contributed by atoms with Gasteiger partial charge in [-0.25, -0.2) is 4.79 Å². The maximum absolute atomic E-state index is 12.5. The number of carbonyl (C=O) groups excluding carboxylic acids is 1. The SMILES string of the molecule is Cc1ccsc1C(CC(=O)O)NC(=O)OCC1c2ccccc2-c2ccccc21. The van der Waals surface area contributed by atoms with Gasteiger partial charge in [0.15, 0.2) is 0 Å². The quantitative estimate of drug-likeness (QED) is 0.595. The summed E-state index contributed by atoms with van der Waals surface area (Å²) in [6, 6.07) is 17.6. The van der Waals surface area contributed by atoms with E-state index in [4.69, 9.17) is 4.74 Å². The molecule has 0 saturated heterocycles. The molecule has 1 atom stereocenters. The minimum atomic E-state index is -0.971. The summed E-state index contributed by atoms with van der Waals surface area (Å²) in [5, 5.41) is 13.8. The van der Waals surface area contributed by atoms with Crippen LogP contribution in [0.1, 0.15) is 39.9 Å². The molecule has 1 aliphatic rings. The zero-order valence-electron chi connectivity index (χ0n) is 15.9. The fraction of sp³-hybridized carbons (Fsp3) is 0.217. The first-order valence-electron chi connectivity index (χ1n) is 9.42. The van der Waals surface area contributed by atoms with E-state index in [9.17, 15) is 14.7 Å². The minimum Gasteiger partial charge on any atom is -0.481 e. The van der Waals surface area contributed by atoms with E-state index in [2.05, 4.69) is 29.6 Å². The molecule has 0 radical (unpaired) electrons. The third-order valence-corrected chi connectivity index (χ3v) is 6.37. The maximum Gasteiger partial charge on any atom is 0.407 e. The Morgan fingerprint density at radius 3 is 2.24 bits per heavy atom. The zero-order chi connectivity index (χ0) is 20.4. The highest BCUT2D eigenvalue weighted by molar-refractivity contribution is 7.10. The summed E-state index contributed by atoms with van der Waals surface area (Å²) in [5.41, 5.74) is 5.56. The van der Waals surface area contributed by atoms with Crippen molar-refractivity contribution in [1.82, 2.24) is 5.32 Å². The van der Waals surface area contributed by atoms with Crippen LogP contribution < -0.4 is 5.32 Å². The molecule has 4 rings (SSSR count). The standard InChI is InChI=1S/C23H21NO4S/c1-14-10-11-29-22(14)20(12-21(25)26)24-23(27)28-13-19-17-8-4-2-6-15(17)16-7-3-5-9-18(16)19/h2-11,19-20H,12-13H2,1H3,(H,24,27)(H,25,26). The highest BCUT2D eigenvalue weighted by Crippen LogP contribution is 2.44. The van der Waals surface area contributed by atoms with Crippen molar-refractivity contribution in [2.24, 2.45) is 0 Å². The van der Waals surface area contributed by atoms with Crippen LogP contribution in [0.2, 0.25) is 0 Å². The number of hydrogen-bond donors (Lipinski definition) is 2. The molecule has 2 N–H and O–H groups in total. The fourth-order valence-corrected chi connectivity index (χ4v) is 4.89. The van der Waals surface area contributed by atoms with Gasteiger partial charge in [0.2, 0.25) is 0 Å². The number of hydrogen-bond acceptors (Lipinski definition) is 4. The van der Waals surface area contributed by atoms with E-state index in [1.165, 1.54) is 11.3 Å². The molecule has 1 heterocycles. The number of rotatable bonds is 6. The lowest BCUT2D eigenvalue weighted by molar-refractivity contribution is -0.137. The number of carboxylic acids is 1. The van der Waals surface area contributed by atoms with Crippen LogP contribution in [0, 0.1) is 6.92 Å². The number of benzene rings is 2. The zero-order valence-corrected chi connectivity index (χ0v) is 16.7. The molecule has 0 aliphatic heterocycles. The van der Waals surface area contributed by atoms with Crippen LogP contribution in [-0.2, 0) is 9.53 Å². The van der Waals surface area contributed by atoms with Gasteiger partial charge in [-0.15, -0.1) is 11.3 Å². The number of nitrogens with one attached hydrogen (secondary N) is 1. The molecule has 0 fully saturated rings. The molecule has 1 aromatic heterocycles. The molecular weight excluding hydrogens is 386 g/mol. The van der Waals surface area contributed by atoms with Crippen molar-refractivity contribution in [3.63, 3.8) is 0 Å². The molecule has 2 aromatic carbocycles. The molecule has 5 nitrogen and oxygen atoms in total. The summed E-state index contributed by atoms with van der Waals surface area (Å²) in [6.07, 6.45) is -0.795. The Kier molecular flexibility index (Phi) is 5.36. The molecule has 1 aliphatic carbocycles. The second-order valence-corrected chi connectivity index (χ2v) is 8.04. The lowest BCUT2D eigenvalue weighted by Gasteiger charge is -2.19. The Morgan fingerprint density at radius 2 is 1.69 bits per heavy atom. The molecule has 0 saturated carbocycles. The molecule has 29 heavy (non-hydrogen) atoms. The van der Waals surface area contributed by atoms with Crippen LogP contribution in [0.3, 0.4) is 0 Å². The van der Waals surface area contributed by atoms with E-state index in [0.717, 1.165) is 32.7 Å². The predicted molar refractivity (Wildman–Crippen MR) is 112 cm³/mol. The summed E-state index contributed by atoms with van der Waals surface area (Å²) in [7, 11) is 0. The average Bonchev–Trinajstić information content (AvgIpc) is 3.27. The second-order valence-electron chi connectivity index (χ2n) is 7.09. The van der Waals surface area contributed by atoms with E-state index in [1.54, 1.807) is 0 Å². The molecule has 6 heteroatoms. The van der Waals surface area contributed by atoms with Crippen molar-refractivity contribution in [1.29, 1.82) is 0 Å². The van der Waals surface area contributed by atoms with E-state index >= 15 is 0 Å². The van der Waals surface area contributed by atoms with Gasteiger partial charge in [-0.3, -0.25) is 4.79 Å². The number of ether oxygens (including phenoxy) is 1. The first-order chi connectivity index (χ1) is 14.0. The number of aliphatic carboxylic acids is 1. The Hall–Kier alpha value is -3.12. The van der Waals surface area contributed by atoms with Gasteiger partial charge in [-0.1, -0.05) is 48.5 Å². The minimum absolute atomic E-state index is 0.0328. The van der Waals surface area contributed by atoms with Crippen molar-refractivity contribution in [2.75, 3.05) is 6.61 Å². The summed E-state index contributed by atoms with van der Waals surface area (Å²) in [5.74, 6) is -1.00. The fourth-order valence-electron chi connectivity index (χ4n) is 3.91. The Morgan fingerprint density at radius 1 is 1.07 bits per heavy atom. The molecular formula is C23H21NO4S. The number of fused-ring (bicyclic) bond motifs is 3. The van der Waals surface area contributed by atoms with Crippen molar-refractivity contribution in [3.8, 4) is 11.1 Å². The third kappa shape index (κ3) is 3.89. The van der Waals surface area contributed by atoms with E-state index < -0.39 is 18.1 Å². The number of carboxylic acid groups (broad SMARTS) is 1. The molecule has 148 valence electrons. The largest absolute Gasteiger partial charge is 0.481 e. The van der Waals surface area contributed by atoms with Gasteiger partial charge in [0.1, 0.15) is 6.61 Å². The number of aryl methyl sites for hydroxylation is 1. The van der Waals surface area contributed by atoms with E-state index in [1.807, 2.05) is 42.6 Å². The summed E-state index contributed by atoms with van der Waals surface area (Å²) < 4.78 is 5.55. The monoisotopic (exact) mass is 407 g/mol. The first-order valence-corrected chi connectivity index (χ1v) is 10.3. The Balaban J connectivity index is 1.48. The van der Waals surface area contributed by atoms with Crippen LogP contribution in [0.5, 0.6) is 0 Å². The highest BCUT2D eigenvalue weighted by Gasteiger charge is 2.29. The van der Waals surface area contributed by atoms with Crippen LogP contribution in [0.25, 0.3) is 11.1 Å². The molecule has 0 spiro atoms. The maximum atomic E-state index is 12.5. The predicted octanol–water partition coefficient (Wildman–Crippen LogP) is 5.11. The average molecular weight is 407 g/mol. The van der Waals surface area contributed by atoms with Crippen LogP contribution in [0.15, 0.2) is 60.0 Å². The molecule has 1 amide bonds.